The summed E-state index contributed by atoms with van der Waals surface area (Å²) in [5, 5.41) is 0. The largest absolute Gasteiger partial charge is 0.306 e. The Labute approximate surface area is 85.2 Å². The van der Waals surface area contributed by atoms with E-state index in [-0.39, 0.29) is 16.4 Å². The fourth-order valence-corrected chi connectivity index (χ4v) is 3.18. The number of benzene rings is 1. The van der Waals surface area contributed by atoms with Crippen molar-refractivity contribution in [3.8, 4) is 0 Å². The SMILES string of the molecule is O=S(O)CCS(=O)(=O)c1ccccc1. The fraction of sp³-hybridized carbons (Fsp3) is 0.250. The van der Waals surface area contributed by atoms with Gasteiger partial charge in [0.1, 0.15) is 0 Å². The molecule has 1 atom stereocenters. The van der Waals surface area contributed by atoms with Crippen LogP contribution >= 0.6 is 0 Å². The van der Waals surface area contributed by atoms with Crippen molar-refractivity contribution in [2.24, 2.45) is 0 Å². The molecule has 0 aromatic heterocycles. The molecule has 0 spiro atoms. The highest BCUT2D eigenvalue weighted by molar-refractivity contribution is 7.92. The Kier molecular flexibility index (Phi) is 3.79. The zero-order chi connectivity index (χ0) is 10.6. The van der Waals surface area contributed by atoms with Gasteiger partial charge in [0.15, 0.2) is 20.9 Å². The topological polar surface area (TPSA) is 71.4 Å². The van der Waals surface area contributed by atoms with Crippen LogP contribution < -0.4 is 0 Å². The monoisotopic (exact) mass is 234 g/mol. The Balaban J connectivity index is 2.82. The van der Waals surface area contributed by atoms with Crippen LogP contribution in [0.1, 0.15) is 0 Å². The van der Waals surface area contributed by atoms with E-state index in [9.17, 15) is 12.6 Å². The van der Waals surface area contributed by atoms with Crippen molar-refractivity contribution in [3.05, 3.63) is 30.3 Å². The standard InChI is InChI=1S/C8H10O4S2/c9-13(10)6-7-14(11,12)8-4-2-1-3-5-8/h1-5H,6-7H2,(H,9,10). The lowest BCUT2D eigenvalue weighted by atomic mass is 10.4. The van der Waals surface area contributed by atoms with Gasteiger partial charge in [-0.15, -0.1) is 0 Å². The van der Waals surface area contributed by atoms with E-state index < -0.39 is 20.9 Å². The molecule has 0 amide bonds. The van der Waals surface area contributed by atoms with Gasteiger partial charge in [0.05, 0.1) is 16.4 Å². The third-order valence-corrected chi connectivity index (χ3v) is 4.17. The molecule has 1 N–H and O–H groups in total. The van der Waals surface area contributed by atoms with E-state index in [1.165, 1.54) is 12.1 Å². The summed E-state index contributed by atoms with van der Waals surface area (Å²) in [4.78, 5) is 0.186. The first-order chi connectivity index (χ1) is 6.52. The van der Waals surface area contributed by atoms with Crippen molar-refractivity contribution in [1.29, 1.82) is 0 Å². The van der Waals surface area contributed by atoms with Crippen LogP contribution in [0.25, 0.3) is 0 Å². The molecular weight excluding hydrogens is 224 g/mol. The second-order valence-electron chi connectivity index (χ2n) is 2.66. The summed E-state index contributed by atoms with van der Waals surface area (Å²) in [5.41, 5.74) is 0. The molecule has 1 unspecified atom stereocenters. The zero-order valence-corrected chi connectivity index (χ0v) is 8.92. The Morgan fingerprint density at radius 2 is 1.79 bits per heavy atom. The van der Waals surface area contributed by atoms with Crippen LogP contribution in [-0.2, 0) is 20.9 Å². The third-order valence-electron chi connectivity index (χ3n) is 1.63. The van der Waals surface area contributed by atoms with Gasteiger partial charge in [-0.05, 0) is 12.1 Å². The molecule has 1 rings (SSSR count). The second kappa shape index (κ2) is 4.68. The first-order valence-corrected chi connectivity index (χ1v) is 6.80. The average molecular weight is 234 g/mol. The normalized spacial score (nSPS) is 13.8. The molecule has 0 radical (unpaired) electrons. The number of hydrogen-bond donors (Lipinski definition) is 1. The maximum absolute atomic E-state index is 11.5. The van der Waals surface area contributed by atoms with E-state index in [1.54, 1.807) is 18.2 Å². The van der Waals surface area contributed by atoms with Crippen LogP contribution in [0.2, 0.25) is 0 Å². The summed E-state index contributed by atoms with van der Waals surface area (Å²) in [6.07, 6.45) is 0. The predicted molar refractivity (Wildman–Crippen MR) is 54.1 cm³/mol. The van der Waals surface area contributed by atoms with Crippen molar-refractivity contribution in [2.45, 2.75) is 4.90 Å². The molecule has 4 nitrogen and oxygen atoms in total. The summed E-state index contributed by atoms with van der Waals surface area (Å²) < 4.78 is 41.8. The number of rotatable bonds is 4. The average Bonchev–Trinajstić information content (AvgIpc) is 2.16. The first kappa shape index (κ1) is 11.4. The lowest BCUT2D eigenvalue weighted by Gasteiger charge is -2.01. The minimum absolute atomic E-state index is 0.186. The van der Waals surface area contributed by atoms with E-state index in [2.05, 4.69) is 0 Å². The third kappa shape index (κ3) is 3.21. The lowest BCUT2D eigenvalue weighted by molar-refractivity contribution is 0.563. The Morgan fingerprint density at radius 3 is 2.29 bits per heavy atom. The Bertz CT molecular complexity index is 410. The van der Waals surface area contributed by atoms with E-state index >= 15 is 0 Å². The van der Waals surface area contributed by atoms with Crippen molar-refractivity contribution in [1.82, 2.24) is 0 Å². The minimum Gasteiger partial charge on any atom is -0.306 e. The van der Waals surface area contributed by atoms with Gasteiger partial charge in [0.25, 0.3) is 0 Å². The molecule has 0 bridgehead atoms. The summed E-state index contributed by atoms with van der Waals surface area (Å²) in [6, 6.07) is 7.88. The summed E-state index contributed by atoms with van der Waals surface area (Å²) in [5.74, 6) is -0.558. The van der Waals surface area contributed by atoms with Gasteiger partial charge in [0.2, 0.25) is 0 Å². The lowest BCUT2D eigenvalue weighted by Crippen LogP contribution is -2.13. The molecular formula is C8H10O4S2. The van der Waals surface area contributed by atoms with Gasteiger partial charge in [-0.1, -0.05) is 18.2 Å². The molecule has 0 aliphatic heterocycles. The van der Waals surface area contributed by atoms with Crippen LogP contribution in [0, 0.1) is 0 Å². The zero-order valence-electron chi connectivity index (χ0n) is 7.29. The minimum atomic E-state index is -3.41. The summed E-state index contributed by atoms with van der Waals surface area (Å²) in [6.45, 7) is 0. The second-order valence-corrected chi connectivity index (χ2v) is 5.82. The molecule has 6 heteroatoms. The van der Waals surface area contributed by atoms with Crippen LogP contribution in [0.3, 0.4) is 0 Å². The molecule has 14 heavy (non-hydrogen) atoms. The van der Waals surface area contributed by atoms with Gasteiger partial charge in [0, 0.05) is 0 Å². The van der Waals surface area contributed by atoms with E-state index in [4.69, 9.17) is 4.55 Å². The molecule has 0 saturated carbocycles. The number of sulfone groups is 1. The Morgan fingerprint density at radius 1 is 1.21 bits per heavy atom. The van der Waals surface area contributed by atoms with Gasteiger partial charge < -0.3 is 4.55 Å². The smallest absolute Gasteiger partial charge is 0.179 e. The highest BCUT2D eigenvalue weighted by Gasteiger charge is 2.14. The van der Waals surface area contributed by atoms with Crippen molar-refractivity contribution < 1.29 is 17.2 Å². The van der Waals surface area contributed by atoms with Gasteiger partial charge in [-0.25, -0.2) is 12.6 Å². The van der Waals surface area contributed by atoms with Crippen molar-refractivity contribution in [3.63, 3.8) is 0 Å². The van der Waals surface area contributed by atoms with Gasteiger partial charge >= 0.3 is 0 Å². The summed E-state index contributed by atoms with van der Waals surface area (Å²) in [7, 11) is -3.41. The Hall–Kier alpha value is -0.720. The van der Waals surface area contributed by atoms with Gasteiger partial charge in [-0.2, -0.15) is 0 Å². The highest BCUT2D eigenvalue weighted by atomic mass is 32.2. The molecule has 0 heterocycles. The maximum atomic E-state index is 11.5. The fourth-order valence-electron chi connectivity index (χ4n) is 0.927. The molecule has 0 fully saturated rings. The van der Waals surface area contributed by atoms with E-state index in [1.807, 2.05) is 0 Å². The predicted octanol–water partition coefficient (Wildman–Crippen LogP) is 0.682. The van der Waals surface area contributed by atoms with E-state index in [0.717, 1.165) is 0 Å². The van der Waals surface area contributed by atoms with E-state index in [0.29, 0.717) is 0 Å². The quantitative estimate of drug-likeness (QED) is 0.778. The number of hydrogen-bond acceptors (Lipinski definition) is 3. The van der Waals surface area contributed by atoms with Crippen LogP contribution in [-0.4, -0.2) is 28.7 Å². The molecule has 1 aromatic rings. The molecule has 1 aromatic carbocycles. The summed E-state index contributed by atoms with van der Waals surface area (Å²) >= 11 is -2.06. The van der Waals surface area contributed by atoms with Crippen LogP contribution in [0.4, 0.5) is 0 Å². The highest BCUT2D eigenvalue weighted by Crippen LogP contribution is 2.09. The molecule has 0 aliphatic carbocycles. The van der Waals surface area contributed by atoms with Crippen molar-refractivity contribution >= 4 is 20.9 Å². The van der Waals surface area contributed by atoms with Crippen molar-refractivity contribution in [2.75, 3.05) is 11.5 Å². The van der Waals surface area contributed by atoms with Crippen LogP contribution in [0.5, 0.6) is 0 Å². The van der Waals surface area contributed by atoms with Gasteiger partial charge in [-0.3, -0.25) is 0 Å². The van der Waals surface area contributed by atoms with Crippen LogP contribution in [0.15, 0.2) is 35.2 Å². The molecule has 0 aliphatic rings. The first-order valence-electron chi connectivity index (χ1n) is 3.87. The maximum Gasteiger partial charge on any atom is 0.179 e. The molecule has 0 saturated heterocycles. The molecule has 78 valence electrons.